The molecule has 3 heteroatoms. The summed E-state index contributed by atoms with van der Waals surface area (Å²) in [7, 11) is 0. The monoisotopic (exact) mass is 235 g/mol. The topological polar surface area (TPSA) is 41.5 Å². The maximum absolute atomic E-state index is 9.19. The average molecular weight is 235 g/mol. The van der Waals surface area contributed by atoms with Gasteiger partial charge in [0.1, 0.15) is 5.75 Å². The van der Waals surface area contributed by atoms with E-state index in [1.165, 1.54) is 0 Å². The minimum absolute atomic E-state index is 0.254. The molecule has 1 aromatic rings. The number of benzene rings is 1. The van der Waals surface area contributed by atoms with Gasteiger partial charge in [-0.15, -0.1) is 0 Å². The Balaban J connectivity index is 2.23. The third kappa shape index (κ3) is 5.52. The molecule has 94 valence electrons. The summed E-state index contributed by atoms with van der Waals surface area (Å²) in [6.07, 6.45) is 0. The highest BCUT2D eigenvalue weighted by Gasteiger charge is 2.03. The van der Waals surface area contributed by atoms with Gasteiger partial charge in [0.2, 0.25) is 0 Å². The van der Waals surface area contributed by atoms with Crippen LogP contribution < -0.4 is 5.32 Å². The Labute approximate surface area is 103 Å². The molecule has 0 fully saturated rings. The second-order valence-electron chi connectivity index (χ2n) is 4.28. The van der Waals surface area contributed by atoms with Crippen LogP contribution in [0.25, 0.3) is 0 Å². The molecule has 17 heavy (non-hydrogen) atoms. The van der Waals surface area contributed by atoms with E-state index in [0.29, 0.717) is 19.0 Å². The van der Waals surface area contributed by atoms with Gasteiger partial charge >= 0.3 is 0 Å². The molecule has 1 rings (SSSR count). The van der Waals surface area contributed by atoms with E-state index in [1.807, 2.05) is 19.1 Å². The third-order valence-electron chi connectivity index (χ3n) is 2.44. The summed E-state index contributed by atoms with van der Waals surface area (Å²) in [4.78, 5) is 0. The van der Waals surface area contributed by atoms with Crippen LogP contribution >= 0.6 is 0 Å². The maximum atomic E-state index is 9.19. The van der Waals surface area contributed by atoms with E-state index < -0.39 is 0 Å². The fraction of sp³-hybridized carbons (Fsp3) is 0.429. The van der Waals surface area contributed by atoms with Crippen molar-refractivity contribution in [3.05, 3.63) is 42.0 Å². The molecule has 1 aromatic carbocycles. The number of phenols is 1. The molecule has 0 aliphatic rings. The summed E-state index contributed by atoms with van der Waals surface area (Å²) in [6, 6.07) is 7.49. The smallest absolute Gasteiger partial charge is 0.115 e. The van der Waals surface area contributed by atoms with E-state index in [1.54, 1.807) is 12.1 Å². The van der Waals surface area contributed by atoms with E-state index in [4.69, 9.17) is 4.74 Å². The van der Waals surface area contributed by atoms with Crippen molar-refractivity contribution in [3.63, 3.8) is 0 Å². The largest absolute Gasteiger partial charge is 0.508 e. The molecular formula is C14H21NO2. The number of hydrogen-bond acceptors (Lipinski definition) is 3. The lowest BCUT2D eigenvalue weighted by Crippen LogP contribution is -2.23. The van der Waals surface area contributed by atoms with E-state index in [2.05, 4.69) is 18.8 Å². The van der Waals surface area contributed by atoms with E-state index >= 15 is 0 Å². The Bertz CT molecular complexity index is 346. The van der Waals surface area contributed by atoms with Gasteiger partial charge in [-0.3, -0.25) is 0 Å². The predicted octanol–water partition coefficient (Wildman–Crippen LogP) is 2.64. The first kappa shape index (κ1) is 13.7. The lowest BCUT2D eigenvalue weighted by Gasteiger charge is -2.14. The molecule has 0 saturated heterocycles. The summed E-state index contributed by atoms with van der Waals surface area (Å²) in [6.45, 7) is 9.91. The molecule has 0 radical (unpaired) electrons. The van der Waals surface area contributed by atoms with Crippen molar-refractivity contribution in [2.24, 2.45) is 0 Å². The van der Waals surface area contributed by atoms with Crippen LogP contribution in [0.3, 0.4) is 0 Å². The maximum Gasteiger partial charge on any atom is 0.115 e. The Hall–Kier alpha value is -1.32. The normalized spacial score (nSPS) is 12.4. The van der Waals surface area contributed by atoms with Crippen molar-refractivity contribution in [1.29, 1.82) is 0 Å². The van der Waals surface area contributed by atoms with Crippen LogP contribution in [0.2, 0.25) is 0 Å². The summed E-state index contributed by atoms with van der Waals surface area (Å²) < 4.78 is 5.40. The van der Waals surface area contributed by atoms with Crippen molar-refractivity contribution >= 4 is 0 Å². The minimum Gasteiger partial charge on any atom is -0.508 e. The SMILES string of the molecule is C=C(C)COCCNC(C)c1ccc(O)cc1. The zero-order valence-electron chi connectivity index (χ0n) is 10.6. The number of aromatic hydroxyl groups is 1. The van der Waals surface area contributed by atoms with E-state index in [0.717, 1.165) is 17.7 Å². The molecule has 3 nitrogen and oxygen atoms in total. The van der Waals surface area contributed by atoms with Gasteiger partial charge in [-0.1, -0.05) is 24.3 Å². The Morgan fingerprint density at radius 3 is 2.65 bits per heavy atom. The van der Waals surface area contributed by atoms with Crippen LogP contribution in [0, 0.1) is 0 Å². The number of hydrogen-bond donors (Lipinski definition) is 2. The minimum atomic E-state index is 0.254. The van der Waals surface area contributed by atoms with Crippen molar-refractivity contribution in [2.75, 3.05) is 19.8 Å². The first-order valence-corrected chi connectivity index (χ1v) is 5.84. The van der Waals surface area contributed by atoms with Gasteiger partial charge < -0.3 is 15.2 Å². The molecule has 1 atom stereocenters. The van der Waals surface area contributed by atoms with Gasteiger partial charge in [0.25, 0.3) is 0 Å². The molecule has 2 N–H and O–H groups in total. The van der Waals surface area contributed by atoms with Crippen LogP contribution in [-0.4, -0.2) is 24.9 Å². The van der Waals surface area contributed by atoms with Crippen molar-refractivity contribution in [1.82, 2.24) is 5.32 Å². The van der Waals surface area contributed by atoms with Crippen LogP contribution in [0.15, 0.2) is 36.4 Å². The predicted molar refractivity (Wildman–Crippen MR) is 70.2 cm³/mol. The van der Waals surface area contributed by atoms with E-state index in [-0.39, 0.29) is 6.04 Å². The Kier molecular flexibility index (Phi) is 5.73. The quantitative estimate of drug-likeness (QED) is 0.564. The fourth-order valence-electron chi connectivity index (χ4n) is 1.47. The zero-order valence-corrected chi connectivity index (χ0v) is 10.6. The zero-order chi connectivity index (χ0) is 12.7. The van der Waals surface area contributed by atoms with Crippen LogP contribution in [0.4, 0.5) is 0 Å². The summed E-state index contributed by atoms with van der Waals surface area (Å²) in [5.41, 5.74) is 2.19. The average Bonchev–Trinajstić information content (AvgIpc) is 2.29. The molecule has 0 aliphatic carbocycles. The number of nitrogens with one attached hydrogen (secondary N) is 1. The molecule has 0 aromatic heterocycles. The van der Waals surface area contributed by atoms with Crippen LogP contribution in [0.5, 0.6) is 5.75 Å². The van der Waals surface area contributed by atoms with Gasteiger partial charge in [0, 0.05) is 12.6 Å². The summed E-state index contributed by atoms with van der Waals surface area (Å²) >= 11 is 0. The Morgan fingerprint density at radius 1 is 1.41 bits per heavy atom. The molecule has 0 saturated carbocycles. The number of ether oxygens (including phenoxy) is 1. The second kappa shape index (κ2) is 7.09. The lowest BCUT2D eigenvalue weighted by atomic mass is 10.1. The lowest BCUT2D eigenvalue weighted by molar-refractivity contribution is 0.156. The molecule has 0 spiro atoms. The highest BCUT2D eigenvalue weighted by Crippen LogP contribution is 2.15. The van der Waals surface area contributed by atoms with Crippen molar-refractivity contribution in [2.45, 2.75) is 19.9 Å². The molecule has 0 amide bonds. The molecule has 0 bridgehead atoms. The first-order chi connectivity index (χ1) is 8.09. The van der Waals surface area contributed by atoms with Gasteiger partial charge in [0.15, 0.2) is 0 Å². The van der Waals surface area contributed by atoms with E-state index in [9.17, 15) is 5.11 Å². The summed E-state index contributed by atoms with van der Waals surface area (Å²) in [5.74, 6) is 0.297. The highest BCUT2D eigenvalue weighted by atomic mass is 16.5. The fourth-order valence-corrected chi connectivity index (χ4v) is 1.47. The standard InChI is InChI=1S/C14H21NO2/c1-11(2)10-17-9-8-15-12(3)13-4-6-14(16)7-5-13/h4-7,12,15-16H,1,8-10H2,2-3H3. The van der Waals surface area contributed by atoms with Gasteiger partial charge in [-0.05, 0) is 31.5 Å². The Morgan fingerprint density at radius 2 is 2.06 bits per heavy atom. The molecule has 0 heterocycles. The summed E-state index contributed by atoms with van der Waals surface area (Å²) in [5, 5.41) is 12.5. The number of phenolic OH excluding ortho intramolecular Hbond substituents is 1. The number of rotatable bonds is 7. The van der Waals surface area contributed by atoms with Crippen LogP contribution in [-0.2, 0) is 4.74 Å². The third-order valence-corrected chi connectivity index (χ3v) is 2.44. The van der Waals surface area contributed by atoms with Gasteiger partial charge in [0.05, 0.1) is 13.2 Å². The van der Waals surface area contributed by atoms with Gasteiger partial charge in [-0.25, -0.2) is 0 Å². The van der Waals surface area contributed by atoms with Crippen molar-refractivity contribution in [3.8, 4) is 5.75 Å². The van der Waals surface area contributed by atoms with Crippen molar-refractivity contribution < 1.29 is 9.84 Å². The highest BCUT2D eigenvalue weighted by molar-refractivity contribution is 5.27. The van der Waals surface area contributed by atoms with Crippen LogP contribution in [0.1, 0.15) is 25.5 Å². The second-order valence-corrected chi connectivity index (χ2v) is 4.28. The molecular weight excluding hydrogens is 214 g/mol. The first-order valence-electron chi connectivity index (χ1n) is 5.84. The molecule has 0 aliphatic heterocycles. The van der Waals surface area contributed by atoms with Gasteiger partial charge in [-0.2, -0.15) is 0 Å². The molecule has 1 unspecified atom stereocenters.